The Morgan fingerprint density at radius 1 is 0.977 bits per heavy atom. The van der Waals surface area contributed by atoms with Gasteiger partial charge in [-0.25, -0.2) is 9.37 Å². The molecule has 2 atom stereocenters. The number of nitrogens with zero attached hydrogens (tertiary/aromatic N) is 4. The van der Waals surface area contributed by atoms with Crippen LogP contribution >= 0.6 is 0 Å². The number of hydrogen-bond acceptors (Lipinski definition) is 8. The maximum atomic E-state index is 16.2. The van der Waals surface area contributed by atoms with E-state index in [1.54, 1.807) is 55.5 Å². The van der Waals surface area contributed by atoms with Crippen molar-refractivity contribution in [2.45, 2.75) is 52.6 Å². The Kier molecular flexibility index (Phi) is 12.0. The molecule has 4 rings (SSSR count). The zero-order chi connectivity index (χ0) is 32.4. The predicted molar refractivity (Wildman–Crippen MR) is 171 cm³/mol. The van der Waals surface area contributed by atoms with Crippen molar-refractivity contribution < 1.29 is 23.7 Å². The van der Waals surface area contributed by atoms with Gasteiger partial charge in [0, 0.05) is 29.6 Å². The minimum atomic E-state index is -1.71. The summed E-state index contributed by atoms with van der Waals surface area (Å²) in [6.07, 6.45) is 0.207. The summed E-state index contributed by atoms with van der Waals surface area (Å²) in [5.41, 5.74) is 0.986. The molecular formula is C35H43FN4O4. The Labute approximate surface area is 260 Å². The summed E-state index contributed by atoms with van der Waals surface area (Å²) in [7, 11) is 5.32. The number of rotatable bonds is 12. The van der Waals surface area contributed by atoms with Gasteiger partial charge in [0.2, 0.25) is 17.6 Å². The van der Waals surface area contributed by atoms with E-state index in [2.05, 4.69) is 11.1 Å². The molecule has 0 aliphatic rings. The molecule has 1 N–H and O–H groups in total. The Hall–Kier alpha value is -4.26. The van der Waals surface area contributed by atoms with E-state index in [1.807, 2.05) is 52.8 Å². The van der Waals surface area contributed by atoms with Crippen LogP contribution < -0.4 is 14.2 Å². The van der Waals surface area contributed by atoms with Gasteiger partial charge in [-0.3, -0.25) is 0 Å². The van der Waals surface area contributed by atoms with Crippen LogP contribution in [0.2, 0.25) is 0 Å². The molecule has 2 unspecified atom stereocenters. The summed E-state index contributed by atoms with van der Waals surface area (Å²) in [6.45, 7) is 10.6. The van der Waals surface area contributed by atoms with Crippen LogP contribution in [0, 0.1) is 24.1 Å². The molecule has 0 saturated heterocycles. The number of nitriles is 1. The lowest BCUT2D eigenvalue weighted by atomic mass is 9.71. The first kappa shape index (κ1) is 34.2. The van der Waals surface area contributed by atoms with Gasteiger partial charge in [-0.05, 0) is 82.2 Å². The van der Waals surface area contributed by atoms with Crippen molar-refractivity contribution in [3.63, 3.8) is 0 Å². The molecule has 0 bridgehead atoms. The Balaban J connectivity index is 0.00000259. The van der Waals surface area contributed by atoms with Gasteiger partial charge in [-0.1, -0.05) is 32.0 Å². The lowest BCUT2D eigenvalue weighted by Crippen LogP contribution is -2.38. The number of methoxy groups -OCH3 is 1. The fraction of sp³-hybridized carbons (Fsp3) is 0.400. The average Bonchev–Trinajstić information content (AvgIpc) is 3.02. The normalized spacial score (nSPS) is 13.0. The zero-order valence-corrected chi connectivity index (χ0v) is 26.9. The van der Waals surface area contributed by atoms with Crippen molar-refractivity contribution in [3.8, 4) is 23.7 Å². The first-order chi connectivity index (χ1) is 21.1. The smallest absolute Gasteiger partial charge is 0.217 e. The second kappa shape index (κ2) is 15.5. The lowest BCUT2D eigenvalue weighted by molar-refractivity contribution is 0.00230. The number of pyridine rings is 2. The highest BCUT2D eigenvalue weighted by Crippen LogP contribution is 2.49. The van der Waals surface area contributed by atoms with E-state index in [1.165, 1.54) is 7.11 Å². The molecule has 0 aliphatic heterocycles. The van der Waals surface area contributed by atoms with Crippen LogP contribution in [0.4, 0.5) is 4.39 Å². The maximum Gasteiger partial charge on any atom is 0.217 e. The van der Waals surface area contributed by atoms with Crippen LogP contribution in [0.25, 0.3) is 10.9 Å². The fourth-order valence-electron chi connectivity index (χ4n) is 5.21. The standard InChI is InChI=1S/C33H37FN4O4.C2H6/c1-7-41-28-18-24(19-29(37-28)42-8-2)33(39,14-15-38(4)5)30(25-11-9-10-21(3)31(25)34)26-17-23-16-22(20-35)12-13-27(23)36-32(26)40-6;1-2/h9-13,16-19,30,39H,7-8,14-15H2,1-6H3;1-2H3. The Bertz CT molecular complexity index is 1580. The van der Waals surface area contributed by atoms with Crippen LogP contribution in [-0.4, -0.2) is 60.9 Å². The van der Waals surface area contributed by atoms with Crippen molar-refractivity contribution in [1.29, 1.82) is 5.26 Å². The summed E-state index contributed by atoms with van der Waals surface area (Å²) in [6, 6.07) is 17.6. The molecule has 0 fully saturated rings. The van der Waals surface area contributed by atoms with E-state index in [9.17, 15) is 10.4 Å². The van der Waals surface area contributed by atoms with Crippen molar-refractivity contribution in [3.05, 3.63) is 88.2 Å². The van der Waals surface area contributed by atoms with Gasteiger partial charge in [-0.15, -0.1) is 0 Å². The first-order valence-electron chi connectivity index (χ1n) is 14.9. The predicted octanol–water partition coefficient (Wildman–Crippen LogP) is 6.75. The monoisotopic (exact) mass is 602 g/mol. The maximum absolute atomic E-state index is 16.2. The molecule has 0 aliphatic carbocycles. The third-order valence-electron chi connectivity index (χ3n) is 7.25. The average molecular weight is 603 g/mol. The molecule has 234 valence electrons. The minimum Gasteiger partial charge on any atom is -0.481 e. The molecular weight excluding hydrogens is 559 g/mol. The highest BCUT2D eigenvalue weighted by Gasteiger charge is 2.44. The third kappa shape index (κ3) is 7.44. The zero-order valence-electron chi connectivity index (χ0n) is 26.9. The van der Waals surface area contributed by atoms with Crippen molar-refractivity contribution in [2.24, 2.45) is 0 Å². The number of aromatic nitrogens is 2. The van der Waals surface area contributed by atoms with Gasteiger partial charge in [0.15, 0.2) is 0 Å². The minimum absolute atomic E-state index is 0.207. The van der Waals surface area contributed by atoms with E-state index in [4.69, 9.17) is 19.2 Å². The lowest BCUT2D eigenvalue weighted by Gasteiger charge is -2.39. The Morgan fingerprint density at radius 3 is 2.20 bits per heavy atom. The SMILES string of the molecule is CC.CCOc1cc(C(O)(CCN(C)C)C(c2cc3cc(C#N)ccc3nc2OC)c2cccc(C)c2F)cc(OCC)n1. The number of hydrogen-bond donors (Lipinski definition) is 1. The van der Waals surface area contributed by atoms with Crippen LogP contribution in [0.15, 0.2) is 54.6 Å². The summed E-state index contributed by atoms with van der Waals surface area (Å²) < 4.78 is 33.5. The summed E-state index contributed by atoms with van der Waals surface area (Å²) in [5, 5.41) is 23.2. The van der Waals surface area contributed by atoms with Gasteiger partial charge in [0.1, 0.15) is 11.4 Å². The summed E-state index contributed by atoms with van der Waals surface area (Å²) in [5.74, 6) is -0.616. The highest BCUT2D eigenvalue weighted by atomic mass is 19.1. The second-order valence-electron chi connectivity index (χ2n) is 10.4. The number of fused-ring (bicyclic) bond motifs is 1. The van der Waals surface area contributed by atoms with Gasteiger partial charge >= 0.3 is 0 Å². The van der Waals surface area contributed by atoms with Gasteiger partial charge < -0.3 is 24.2 Å². The van der Waals surface area contributed by atoms with Crippen LogP contribution in [0.5, 0.6) is 17.6 Å². The molecule has 0 spiro atoms. The fourth-order valence-corrected chi connectivity index (χ4v) is 5.21. The second-order valence-corrected chi connectivity index (χ2v) is 10.4. The molecule has 44 heavy (non-hydrogen) atoms. The molecule has 0 saturated carbocycles. The van der Waals surface area contributed by atoms with E-state index >= 15 is 4.39 Å². The van der Waals surface area contributed by atoms with Gasteiger partial charge in [0.05, 0.1) is 43.4 Å². The molecule has 9 heteroatoms. The number of ether oxygens (including phenoxy) is 3. The molecule has 2 aromatic carbocycles. The highest BCUT2D eigenvalue weighted by molar-refractivity contribution is 5.82. The van der Waals surface area contributed by atoms with E-state index in [-0.39, 0.29) is 29.6 Å². The van der Waals surface area contributed by atoms with Gasteiger partial charge in [-0.2, -0.15) is 10.2 Å². The number of aliphatic hydroxyl groups is 1. The summed E-state index contributed by atoms with van der Waals surface area (Å²) in [4.78, 5) is 11.1. The molecule has 8 nitrogen and oxygen atoms in total. The van der Waals surface area contributed by atoms with E-state index < -0.39 is 17.3 Å². The van der Waals surface area contributed by atoms with Crippen LogP contribution in [0.3, 0.4) is 0 Å². The van der Waals surface area contributed by atoms with Crippen molar-refractivity contribution in [2.75, 3.05) is 41.0 Å². The first-order valence-corrected chi connectivity index (χ1v) is 14.9. The molecule has 0 amide bonds. The number of halogens is 1. The summed E-state index contributed by atoms with van der Waals surface area (Å²) >= 11 is 0. The number of benzene rings is 2. The molecule has 2 heterocycles. The van der Waals surface area contributed by atoms with E-state index in [0.29, 0.717) is 52.9 Å². The Morgan fingerprint density at radius 2 is 1.64 bits per heavy atom. The quantitative estimate of drug-likeness (QED) is 0.190. The van der Waals surface area contributed by atoms with E-state index in [0.717, 1.165) is 0 Å². The molecule has 2 aromatic heterocycles. The van der Waals surface area contributed by atoms with Crippen molar-refractivity contribution in [1.82, 2.24) is 14.9 Å². The third-order valence-corrected chi connectivity index (χ3v) is 7.25. The van der Waals surface area contributed by atoms with Crippen molar-refractivity contribution >= 4 is 10.9 Å². The van der Waals surface area contributed by atoms with Crippen LogP contribution in [0.1, 0.15) is 67.9 Å². The molecule has 4 aromatic rings. The number of aryl methyl sites for hydroxylation is 1. The topological polar surface area (TPSA) is 101 Å². The van der Waals surface area contributed by atoms with Gasteiger partial charge in [0.25, 0.3) is 0 Å². The molecule has 0 radical (unpaired) electrons. The largest absolute Gasteiger partial charge is 0.481 e. The van der Waals surface area contributed by atoms with Crippen LogP contribution in [-0.2, 0) is 5.60 Å².